The lowest BCUT2D eigenvalue weighted by atomic mass is 10.1. The van der Waals surface area contributed by atoms with Crippen LogP contribution in [-0.2, 0) is 0 Å². The number of hydrogen-bond donors (Lipinski definition) is 1. The number of rotatable bonds is 4. The van der Waals surface area contributed by atoms with Crippen LogP contribution in [0.4, 0.5) is 0 Å². The number of phenolic OH excluding ortho intramolecular Hbond substituents is 1. The number of fused-ring (bicyclic) bond motifs is 1. The van der Waals surface area contributed by atoms with E-state index in [1.807, 2.05) is 28.3 Å². The zero-order valence-corrected chi connectivity index (χ0v) is 16.4. The highest BCUT2D eigenvalue weighted by molar-refractivity contribution is 7.07. The van der Waals surface area contributed by atoms with Crippen LogP contribution in [-0.4, -0.2) is 30.2 Å². The highest BCUT2D eigenvalue weighted by Gasteiger charge is 2.08. The van der Waals surface area contributed by atoms with Crippen LogP contribution in [0, 0.1) is 0 Å². The summed E-state index contributed by atoms with van der Waals surface area (Å²) in [6.07, 6.45) is 1.72. The maximum absolute atomic E-state index is 9.65. The van der Waals surface area contributed by atoms with Gasteiger partial charge in [-0.1, -0.05) is 30.3 Å². The molecule has 6 heteroatoms. The lowest BCUT2D eigenvalue weighted by Gasteiger charge is -2.07. The fraction of sp³-hybridized carbons (Fsp3) is 0.0909. The molecule has 0 saturated heterocycles. The molecule has 0 atom stereocenters. The fourth-order valence-electron chi connectivity index (χ4n) is 3.00. The maximum Gasteiger partial charge on any atom is 0.205 e. The van der Waals surface area contributed by atoms with E-state index in [0.29, 0.717) is 0 Å². The molecule has 3 aromatic carbocycles. The van der Waals surface area contributed by atoms with Crippen LogP contribution in [0.5, 0.6) is 11.5 Å². The average Bonchev–Trinajstić information content (AvgIpc) is 3.14. The summed E-state index contributed by atoms with van der Waals surface area (Å²) in [5.41, 5.74) is 2.83. The second-order valence-corrected chi connectivity index (χ2v) is 7.04. The molecule has 1 heterocycles. The molecule has 0 aliphatic carbocycles. The number of benzene rings is 3. The molecule has 28 heavy (non-hydrogen) atoms. The first-order valence-corrected chi connectivity index (χ1v) is 9.61. The van der Waals surface area contributed by atoms with Crippen LogP contribution in [0.25, 0.3) is 22.0 Å². The summed E-state index contributed by atoms with van der Waals surface area (Å²) in [6.45, 7) is 0. The van der Waals surface area contributed by atoms with E-state index in [2.05, 4.69) is 34.4 Å². The van der Waals surface area contributed by atoms with Gasteiger partial charge in [-0.25, -0.2) is 4.68 Å². The van der Waals surface area contributed by atoms with Crippen LogP contribution in [0.3, 0.4) is 0 Å². The van der Waals surface area contributed by atoms with E-state index in [-0.39, 0.29) is 5.75 Å². The first-order valence-electron chi connectivity index (χ1n) is 8.73. The Labute approximate surface area is 166 Å². The minimum atomic E-state index is 0.213. The lowest BCUT2D eigenvalue weighted by Crippen LogP contribution is -2.11. The van der Waals surface area contributed by atoms with Gasteiger partial charge in [0, 0.05) is 18.0 Å². The number of phenols is 1. The van der Waals surface area contributed by atoms with E-state index in [9.17, 15) is 5.11 Å². The van der Waals surface area contributed by atoms with E-state index in [4.69, 9.17) is 4.74 Å². The molecule has 140 valence electrons. The van der Waals surface area contributed by atoms with Crippen LogP contribution in [0.15, 0.2) is 76.1 Å². The monoisotopic (exact) mass is 389 g/mol. The van der Waals surface area contributed by atoms with E-state index in [1.165, 1.54) is 11.3 Å². The average molecular weight is 389 g/mol. The fourth-order valence-corrected chi connectivity index (χ4v) is 3.80. The van der Waals surface area contributed by atoms with E-state index < -0.39 is 0 Å². The van der Waals surface area contributed by atoms with Gasteiger partial charge in [0.1, 0.15) is 11.5 Å². The van der Waals surface area contributed by atoms with Gasteiger partial charge in [-0.2, -0.15) is 5.10 Å². The Kier molecular flexibility index (Phi) is 4.95. The van der Waals surface area contributed by atoms with Crippen LogP contribution < -0.4 is 9.54 Å². The second-order valence-electron chi connectivity index (χ2n) is 6.21. The van der Waals surface area contributed by atoms with Gasteiger partial charge in [-0.3, -0.25) is 4.99 Å². The molecule has 1 aromatic heterocycles. The Morgan fingerprint density at radius 2 is 1.86 bits per heavy atom. The molecule has 0 fully saturated rings. The third-order valence-corrected chi connectivity index (χ3v) is 5.32. The summed E-state index contributed by atoms with van der Waals surface area (Å²) in [5.74, 6) is 1.05. The Morgan fingerprint density at radius 3 is 2.64 bits per heavy atom. The largest absolute Gasteiger partial charge is 0.508 e. The van der Waals surface area contributed by atoms with E-state index in [1.54, 1.807) is 38.6 Å². The van der Waals surface area contributed by atoms with Gasteiger partial charge in [-0.05, 0) is 46.7 Å². The molecule has 0 amide bonds. The predicted molar refractivity (Wildman–Crippen MR) is 114 cm³/mol. The number of methoxy groups -OCH3 is 1. The zero-order valence-electron chi connectivity index (χ0n) is 15.5. The predicted octanol–water partition coefficient (Wildman–Crippen LogP) is 4.50. The molecule has 4 aromatic rings. The van der Waals surface area contributed by atoms with Crippen molar-refractivity contribution in [1.82, 2.24) is 4.68 Å². The summed E-state index contributed by atoms with van der Waals surface area (Å²) in [4.78, 5) is 5.13. The third kappa shape index (κ3) is 3.54. The molecule has 4 rings (SSSR count). The number of hydrogen-bond acceptors (Lipinski definition) is 5. The molecule has 0 spiro atoms. The van der Waals surface area contributed by atoms with Gasteiger partial charge in [0.2, 0.25) is 4.80 Å². The van der Waals surface area contributed by atoms with E-state index in [0.717, 1.165) is 38.1 Å². The molecule has 0 aliphatic rings. The topological polar surface area (TPSA) is 59.1 Å². The van der Waals surface area contributed by atoms with Gasteiger partial charge in [0.15, 0.2) is 0 Å². The molecule has 0 bridgehead atoms. The SMILES string of the molecule is CN=c1scc(-c2ccc3cc(OC)ccc3c2)n1N=Cc1cccc(O)c1. The van der Waals surface area contributed by atoms with Crippen molar-refractivity contribution in [2.24, 2.45) is 10.1 Å². The number of aromatic nitrogens is 1. The minimum Gasteiger partial charge on any atom is -0.508 e. The van der Waals surface area contributed by atoms with Gasteiger partial charge < -0.3 is 9.84 Å². The number of aromatic hydroxyl groups is 1. The van der Waals surface area contributed by atoms with Crippen molar-refractivity contribution in [3.63, 3.8) is 0 Å². The molecule has 0 unspecified atom stereocenters. The molecule has 0 radical (unpaired) electrons. The van der Waals surface area contributed by atoms with Crippen LogP contribution in [0.1, 0.15) is 5.56 Å². The van der Waals surface area contributed by atoms with Crippen molar-refractivity contribution >= 4 is 28.3 Å². The molecular weight excluding hydrogens is 370 g/mol. The standard InChI is InChI=1S/C22H19N3O2S/c1-23-22-25(24-13-15-4-3-5-19(26)10-15)21(14-28-22)18-7-6-17-12-20(27-2)9-8-16(17)11-18/h3-14,26H,1-2H3. The van der Waals surface area contributed by atoms with Crippen molar-refractivity contribution < 1.29 is 9.84 Å². The highest BCUT2D eigenvalue weighted by Crippen LogP contribution is 2.27. The summed E-state index contributed by atoms with van der Waals surface area (Å²) in [7, 11) is 3.42. The Hall–Kier alpha value is -3.38. The summed E-state index contributed by atoms with van der Waals surface area (Å²) in [6, 6.07) is 19.3. The molecule has 0 aliphatic heterocycles. The minimum absolute atomic E-state index is 0.213. The Morgan fingerprint density at radius 1 is 1.04 bits per heavy atom. The van der Waals surface area contributed by atoms with Crippen molar-refractivity contribution in [2.75, 3.05) is 14.2 Å². The Bertz CT molecular complexity index is 1240. The molecular formula is C22H19N3O2S. The lowest BCUT2D eigenvalue weighted by molar-refractivity contribution is 0.415. The van der Waals surface area contributed by atoms with Crippen LogP contribution >= 0.6 is 11.3 Å². The van der Waals surface area contributed by atoms with Gasteiger partial charge in [-0.15, -0.1) is 11.3 Å². The van der Waals surface area contributed by atoms with Gasteiger partial charge in [0.25, 0.3) is 0 Å². The summed E-state index contributed by atoms with van der Waals surface area (Å²) in [5, 5.41) is 18.6. The first kappa shape index (κ1) is 18.0. The molecule has 5 nitrogen and oxygen atoms in total. The van der Waals surface area contributed by atoms with Crippen molar-refractivity contribution in [3.8, 4) is 22.8 Å². The third-order valence-electron chi connectivity index (χ3n) is 4.41. The zero-order chi connectivity index (χ0) is 19.5. The van der Waals surface area contributed by atoms with Crippen molar-refractivity contribution in [2.45, 2.75) is 0 Å². The molecule has 0 saturated carbocycles. The second kappa shape index (κ2) is 7.70. The normalized spacial score (nSPS) is 12.1. The van der Waals surface area contributed by atoms with Crippen LogP contribution in [0.2, 0.25) is 0 Å². The molecule has 1 N–H and O–H groups in total. The maximum atomic E-state index is 9.65. The highest BCUT2D eigenvalue weighted by atomic mass is 32.1. The van der Waals surface area contributed by atoms with Crippen molar-refractivity contribution in [1.29, 1.82) is 0 Å². The quantitative estimate of drug-likeness (QED) is 0.523. The Balaban J connectivity index is 1.78. The summed E-state index contributed by atoms with van der Waals surface area (Å²) < 4.78 is 7.12. The van der Waals surface area contributed by atoms with Gasteiger partial charge in [0.05, 0.1) is 19.0 Å². The first-order chi connectivity index (χ1) is 13.7. The van der Waals surface area contributed by atoms with E-state index >= 15 is 0 Å². The smallest absolute Gasteiger partial charge is 0.205 e. The number of thiazole rings is 1. The number of ether oxygens (including phenoxy) is 1. The summed E-state index contributed by atoms with van der Waals surface area (Å²) >= 11 is 1.53. The van der Waals surface area contributed by atoms with Gasteiger partial charge >= 0.3 is 0 Å². The number of nitrogens with zero attached hydrogens (tertiary/aromatic N) is 3. The van der Waals surface area contributed by atoms with Crippen molar-refractivity contribution in [3.05, 3.63) is 76.4 Å².